The summed E-state index contributed by atoms with van der Waals surface area (Å²) in [5.41, 5.74) is 1.000. The summed E-state index contributed by atoms with van der Waals surface area (Å²) < 4.78 is 5.73. The third-order valence-corrected chi connectivity index (χ3v) is 4.85. The van der Waals surface area contributed by atoms with E-state index in [4.69, 9.17) is 4.74 Å². The van der Waals surface area contributed by atoms with Crippen molar-refractivity contribution >= 4 is 18.3 Å². The first kappa shape index (κ1) is 23.2. The second kappa shape index (κ2) is 11.8. The van der Waals surface area contributed by atoms with Crippen molar-refractivity contribution in [3.05, 3.63) is 35.9 Å². The third-order valence-electron chi connectivity index (χ3n) is 4.85. The zero-order valence-electron chi connectivity index (χ0n) is 16.7. The van der Waals surface area contributed by atoms with Crippen molar-refractivity contribution in [1.82, 2.24) is 19.6 Å². The second-order valence-corrected chi connectivity index (χ2v) is 6.89. The lowest BCUT2D eigenvalue weighted by atomic mass is 10.2. The van der Waals surface area contributed by atoms with Crippen molar-refractivity contribution in [1.29, 1.82) is 0 Å². The van der Waals surface area contributed by atoms with Crippen LogP contribution >= 0.6 is 0 Å². The molecule has 0 bridgehead atoms. The summed E-state index contributed by atoms with van der Waals surface area (Å²) in [6.07, 6.45) is -3.47. The van der Waals surface area contributed by atoms with E-state index in [-0.39, 0.29) is 46.0 Å². The number of nitrogens with zero attached hydrogens (tertiary/aromatic N) is 4. The molecule has 1 saturated heterocycles. The molecule has 0 atom stereocenters. The number of ether oxygens (including phenoxy) is 1. The van der Waals surface area contributed by atoms with Crippen molar-refractivity contribution < 1.29 is 34.4 Å². The summed E-state index contributed by atoms with van der Waals surface area (Å²) in [7, 11) is 0. The number of rotatable bonds is 4. The zero-order chi connectivity index (χ0) is 21.9. The molecule has 11 nitrogen and oxygen atoms in total. The van der Waals surface area contributed by atoms with Gasteiger partial charge < -0.3 is 34.8 Å². The van der Waals surface area contributed by atoms with Gasteiger partial charge in [-0.25, -0.2) is 14.4 Å². The molecular weight excluding hydrogens is 396 g/mol. The van der Waals surface area contributed by atoms with Gasteiger partial charge in [0.2, 0.25) is 0 Å². The lowest BCUT2D eigenvalue weighted by molar-refractivity contribution is 0.00882. The predicted molar refractivity (Wildman–Crippen MR) is 106 cm³/mol. The van der Waals surface area contributed by atoms with Crippen molar-refractivity contribution in [3.63, 3.8) is 0 Å². The summed E-state index contributed by atoms with van der Waals surface area (Å²) in [4.78, 5) is 39.6. The molecule has 0 spiro atoms. The maximum Gasteiger partial charge on any atom is 0.407 e. The average Bonchev–Trinajstić information content (AvgIpc) is 2.69. The van der Waals surface area contributed by atoms with Crippen LogP contribution < -0.4 is 0 Å². The fourth-order valence-corrected chi connectivity index (χ4v) is 3.02. The number of benzene rings is 1. The molecule has 1 aromatic carbocycles. The standard InChI is InChI=1S/C19H28N4O7/c24-17(25)21-8-6-20(15-30-14-16-4-2-1-3-5-16)7-9-22(18(26)27)11-13-23(12-10-21)19(28)29/h1-5H,6-15H2,(H,24,25)(H,26,27)(H,28,29). The lowest BCUT2D eigenvalue weighted by Crippen LogP contribution is -2.49. The minimum absolute atomic E-state index is 0.00736. The fraction of sp³-hybridized carbons (Fsp3) is 0.526. The largest absolute Gasteiger partial charge is 0.465 e. The Balaban J connectivity index is 2.02. The third kappa shape index (κ3) is 7.76. The molecule has 30 heavy (non-hydrogen) atoms. The molecule has 2 rings (SSSR count). The van der Waals surface area contributed by atoms with Gasteiger partial charge in [-0.05, 0) is 5.56 Å². The van der Waals surface area contributed by atoms with Crippen LogP contribution in [0.2, 0.25) is 0 Å². The summed E-state index contributed by atoms with van der Waals surface area (Å²) in [5, 5.41) is 28.1. The number of carboxylic acid groups (broad SMARTS) is 3. The van der Waals surface area contributed by atoms with Crippen molar-refractivity contribution in [2.45, 2.75) is 6.61 Å². The van der Waals surface area contributed by atoms with E-state index in [0.717, 1.165) is 20.3 Å². The Bertz CT molecular complexity index is 673. The topological polar surface area (TPSA) is 134 Å². The van der Waals surface area contributed by atoms with Crippen LogP contribution in [0.5, 0.6) is 0 Å². The SMILES string of the molecule is O=C(O)N1CCN(COCc2ccccc2)CCN(C(=O)O)CCN(C(=O)O)CC1. The summed E-state index contributed by atoms with van der Waals surface area (Å²) >= 11 is 0. The smallest absolute Gasteiger partial charge is 0.407 e. The van der Waals surface area contributed by atoms with Gasteiger partial charge in [-0.15, -0.1) is 0 Å². The molecule has 166 valence electrons. The van der Waals surface area contributed by atoms with Crippen molar-refractivity contribution in [2.75, 3.05) is 59.1 Å². The fourth-order valence-electron chi connectivity index (χ4n) is 3.02. The zero-order valence-corrected chi connectivity index (χ0v) is 16.7. The van der Waals surface area contributed by atoms with Crippen molar-refractivity contribution in [2.24, 2.45) is 0 Å². The highest BCUT2D eigenvalue weighted by Gasteiger charge is 2.22. The first-order valence-corrected chi connectivity index (χ1v) is 9.64. The van der Waals surface area contributed by atoms with Crippen LogP contribution in [0, 0.1) is 0 Å². The molecule has 3 amide bonds. The quantitative estimate of drug-likeness (QED) is 0.661. The van der Waals surface area contributed by atoms with Crippen LogP contribution in [-0.4, -0.2) is 112 Å². The molecule has 0 aliphatic carbocycles. The van der Waals surface area contributed by atoms with Gasteiger partial charge in [0, 0.05) is 52.4 Å². The monoisotopic (exact) mass is 424 g/mol. The predicted octanol–water partition coefficient (Wildman–Crippen LogP) is 1.42. The van der Waals surface area contributed by atoms with Crippen LogP contribution in [0.3, 0.4) is 0 Å². The minimum Gasteiger partial charge on any atom is -0.465 e. The average molecular weight is 424 g/mol. The van der Waals surface area contributed by atoms with Gasteiger partial charge >= 0.3 is 18.3 Å². The maximum absolute atomic E-state index is 11.5. The molecule has 11 heteroatoms. The second-order valence-electron chi connectivity index (χ2n) is 6.89. The number of amides is 3. The van der Waals surface area contributed by atoms with E-state index in [2.05, 4.69) is 0 Å². The van der Waals surface area contributed by atoms with Crippen LogP contribution in [0.1, 0.15) is 5.56 Å². The molecule has 0 unspecified atom stereocenters. The Morgan fingerprint density at radius 1 is 0.700 bits per heavy atom. The van der Waals surface area contributed by atoms with Crippen LogP contribution in [-0.2, 0) is 11.3 Å². The molecule has 1 aliphatic rings. The molecular formula is C19H28N4O7. The molecule has 1 aliphatic heterocycles. The molecule has 1 fully saturated rings. The van der Waals surface area contributed by atoms with Gasteiger partial charge in [0.05, 0.1) is 13.3 Å². The van der Waals surface area contributed by atoms with Crippen LogP contribution in [0.25, 0.3) is 0 Å². The highest BCUT2D eigenvalue weighted by molar-refractivity contribution is 5.67. The van der Waals surface area contributed by atoms with E-state index < -0.39 is 18.3 Å². The van der Waals surface area contributed by atoms with Gasteiger partial charge in [-0.3, -0.25) is 4.90 Å². The Hall–Kier alpha value is -3.05. The van der Waals surface area contributed by atoms with Gasteiger partial charge in [0.15, 0.2) is 0 Å². The van der Waals surface area contributed by atoms with Gasteiger partial charge in [-0.2, -0.15) is 0 Å². The summed E-state index contributed by atoms with van der Waals surface area (Å²) in [6.45, 7) is 1.55. The maximum atomic E-state index is 11.5. The molecule has 0 radical (unpaired) electrons. The highest BCUT2D eigenvalue weighted by Crippen LogP contribution is 2.04. The number of hydrogen-bond donors (Lipinski definition) is 3. The summed E-state index contributed by atoms with van der Waals surface area (Å²) in [6, 6.07) is 9.59. The van der Waals surface area contributed by atoms with E-state index in [0.29, 0.717) is 19.7 Å². The van der Waals surface area contributed by atoms with E-state index >= 15 is 0 Å². The normalized spacial score (nSPS) is 17.1. The van der Waals surface area contributed by atoms with Gasteiger partial charge in [-0.1, -0.05) is 30.3 Å². The van der Waals surface area contributed by atoms with Gasteiger partial charge in [0.1, 0.15) is 0 Å². The first-order valence-electron chi connectivity index (χ1n) is 9.64. The van der Waals surface area contributed by atoms with E-state index in [9.17, 15) is 29.7 Å². The van der Waals surface area contributed by atoms with E-state index in [1.165, 1.54) is 0 Å². The Morgan fingerprint density at radius 2 is 1.10 bits per heavy atom. The molecule has 0 aromatic heterocycles. The lowest BCUT2D eigenvalue weighted by Gasteiger charge is -2.31. The Labute approximate surface area is 174 Å². The van der Waals surface area contributed by atoms with E-state index in [1.54, 1.807) is 0 Å². The molecule has 1 heterocycles. The highest BCUT2D eigenvalue weighted by atomic mass is 16.5. The number of carbonyl (C=O) groups is 3. The van der Waals surface area contributed by atoms with Crippen LogP contribution in [0.15, 0.2) is 30.3 Å². The van der Waals surface area contributed by atoms with Gasteiger partial charge in [0.25, 0.3) is 0 Å². The Kier molecular flexibility index (Phi) is 9.16. The molecule has 0 saturated carbocycles. The molecule has 1 aromatic rings. The first-order chi connectivity index (χ1) is 14.4. The minimum atomic E-state index is -1.21. The molecule has 3 N–H and O–H groups in total. The Morgan fingerprint density at radius 3 is 1.50 bits per heavy atom. The summed E-state index contributed by atoms with van der Waals surface area (Å²) in [5.74, 6) is 0. The van der Waals surface area contributed by atoms with E-state index in [1.807, 2.05) is 35.2 Å². The van der Waals surface area contributed by atoms with Crippen molar-refractivity contribution in [3.8, 4) is 0 Å². The van der Waals surface area contributed by atoms with Crippen LogP contribution in [0.4, 0.5) is 14.4 Å². The number of hydrogen-bond acceptors (Lipinski definition) is 5.